The fourth-order valence-electron chi connectivity index (χ4n) is 2.28. The second-order valence-electron chi connectivity index (χ2n) is 3.80. The van der Waals surface area contributed by atoms with Crippen molar-refractivity contribution in [2.45, 2.75) is 18.6 Å². The molecule has 72 valence electrons. The first-order chi connectivity index (χ1) is 6.84. The van der Waals surface area contributed by atoms with Crippen molar-refractivity contribution in [3.8, 4) is 0 Å². The van der Waals surface area contributed by atoms with Crippen LogP contribution in [0.15, 0.2) is 24.3 Å². The Balaban J connectivity index is 2.00. The van der Waals surface area contributed by atoms with Gasteiger partial charge < -0.3 is 10.1 Å². The molecule has 2 aliphatic rings. The first kappa shape index (κ1) is 8.00. The zero-order valence-corrected chi connectivity index (χ0v) is 7.69. The van der Waals surface area contributed by atoms with E-state index < -0.39 is 0 Å². The highest BCUT2D eigenvalue weighted by molar-refractivity contribution is 5.78. The lowest BCUT2D eigenvalue weighted by atomic mass is 10.1. The lowest BCUT2D eigenvalue weighted by Crippen LogP contribution is -2.43. The first-order valence-electron chi connectivity index (χ1n) is 4.83. The Bertz CT molecular complexity index is 389. The Hall–Kier alpha value is -1.35. The molecule has 1 heterocycles. The van der Waals surface area contributed by atoms with Crippen LogP contribution in [0.4, 0.5) is 0 Å². The van der Waals surface area contributed by atoms with Gasteiger partial charge in [-0.2, -0.15) is 0 Å². The monoisotopic (exact) mass is 189 g/mol. The zero-order chi connectivity index (χ0) is 9.54. The number of fused-ring (bicyclic) bond motifs is 3. The maximum Gasteiger partial charge on any atom is 0.246 e. The molecule has 3 nitrogen and oxygen atoms in total. The standard InChI is InChI=1S/C11H11NO2/c13-10-6-14-9-5-7-3-1-2-4-8(7)11(9)12-10/h1-4,9,11H,5-6H2,(H,12,13)/t9-,11-/m0/s1. The highest BCUT2D eigenvalue weighted by Crippen LogP contribution is 2.34. The summed E-state index contributed by atoms with van der Waals surface area (Å²) in [6, 6.07) is 8.27. The Morgan fingerprint density at radius 3 is 3.14 bits per heavy atom. The van der Waals surface area contributed by atoms with Crippen LogP contribution in [0.1, 0.15) is 17.2 Å². The molecular formula is C11H11NO2. The number of morpholine rings is 1. The molecule has 1 amide bonds. The minimum absolute atomic E-state index is 0.0112. The van der Waals surface area contributed by atoms with Gasteiger partial charge in [-0.05, 0) is 11.1 Å². The number of ether oxygens (including phenoxy) is 1. The molecule has 1 aromatic rings. The van der Waals surface area contributed by atoms with Crippen molar-refractivity contribution in [1.82, 2.24) is 5.32 Å². The fourth-order valence-corrected chi connectivity index (χ4v) is 2.28. The average molecular weight is 189 g/mol. The average Bonchev–Trinajstić information content (AvgIpc) is 2.56. The van der Waals surface area contributed by atoms with Crippen molar-refractivity contribution in [3.05, 3.63) is 35.4 Å². The van der Waals surface area contributed by atoms with Crippen LogP contribution in [0, 0.1) is 0 Å². The van der Waals surface area contributed by atoms with Gasteiger partial charge in [-0.3, -0.25) is 4.79 Å². The Morgan fingerprint density at radius 1 is 1.36 bits per heavy atom. The van der Waals surface area contributed by atoms with Crippen LogP contribution in [0.2, 0.25) is 0 Å². The topological polar surface area (TPSA) is 38.3 Å². The van der Waals surface area contributed by atoms with Gasteiger partial charge in [0.05, 0.1) is 12.1 Å². The molecule has 1 aliphatic heterocycles. The number of nitrogens with one attached hydrogen (secondary N) is 1. The van der Waals surface area contributed by atoms with Crippen LogP contribution >= 0.6 is 0 Å². The van der Waals surface area contributed by atoms with E-state index in [1.165, 1.54) is 11.1 Å². The minimum atomic E-state index is -0.0112. The zero-order valence-electron chi connectivity index (χ0n) is 7.69. The SMILES string of the molecule is O=C1CO[C@H]2Cc3ccccc3[C@@H]2N1. The Morgan fingerprint density at radius 2 is 2.21 bits per heavy atom. The summed E-state index contributed by atoms with van der Waals surface area (Å²) in [5, 5.41) is 2.97. The number of rotatable bonds is 0. The van der Waals surface area contributed by atoms with Gasteiger partial charge in [0.25, 0.3) is 0 Å². The van der Waals surface area contributed by atoms with Gasteiger partial charge in [-0.25, -0.2) is 0 Å². The fraction of sp³-hybridized carbons (Fsp3) is 0.364. The van der Waals surface area contributed by atoms with Gasteiger partial charge in [-0.1, -0.05) is 24.3 Å². The van der Waals surface area contributed by atoms with Crippen molar-refractivity contribution in [3.63, 3.8) is 0 Å². The summed E-state index contributed by atoms with van der Waals surface area (Å²) in [7, 11) is 0. The highest BCUT2D eigenvalue weighted by Gasteiger charge is 2.37. The number of carbonyl (C=O) groups excluding carboxylic acids is 1. The lowest BCUT2D eigenvalue weighted by molar-refractivity contribution is -0.136. The third kappa shape index (κ3) is 1.06. The number of amides is 1. The maximum absolute atomic E-state index is 11.2. The van der Waals surface area contributed by atoms with E-state index in [9.17, 15) is 4.79 Å². The number of carbonyl (C=O) groups is 1. The summed E-state index contributed by atoms with van der Waals surface area (Å²) in [4.78, 5) is 11.2. The molecule has 0 unspecified atom stereocenters. The summed E-state index contributed by atoms with van der Waals surface area (Å²) in [5.74, 6) is -0.0112. The molecule has 14 heavy (non-hydrogen) atoms. The quantitative estimate of drug-likeness (QED) is 0.655. The summed E-state index contributed by atoms with van der Waals surface area (Å²) < 4.78 is 5.48. The predicted molar refractivity (Wildman–Crippen MR) is 50.8 cm³/mol. The largest absolute Gasteiger partial charge is 0.366 e. The van der Waals surface area contributed by atoms with Crippen molar-refractivity contribution < 1.29 is 9.53 Å². The van der Waals surface area contributed by atoms with Gasteiger partial charge in [0.2, 0.25) is 5.91 Å². The normalized spacial score (nSPS) is 29.3. The van der Waals surface area contributed by atoms with Crippen molar-refractivity contribution in [1.29, 1.82) is 0 Å². The third-order valence-electron chi connectivity index (χ3n) is 2.93. The van der Waals surface area contributed by atoms with Crippen LogP contribution in [0.5, 0.6) is 0 Å². The van der Waals surface area contributed by atoms with Gasteiger partial charge in [0, 0.05) is 6.42 Å². The molecule has 2 atom stereocenters. The molecule has 1 aromatic carbocycles. The predicted octanol–water partition coefficient (Wildman–Crippen LogP) is 0.799. The van der Waals surface area contributed by atoms with Gasteiger partial charge >= 0.3 is 0 Å². The van der Waals surface area contributed by atoms with Crippen LogP contribution < -0.4 is 5.32 Å². The van der Waals surface area contributed by atoms with E-state index in [2.05, 4.69) is 17.4 Å². The van der Waals surface area contributed by atoms with E-state index in [0.717, 1.165) is 6.42 Å². The lowest BCUT2D eigenvalue weighted by Gasteiger charge is -2.27. The molecule has 0 saturated carbocycles. The van der Waals surface area contributed by atoms with E-state index in [0.29, 0.717) is 0 Å². The Labute approximate surface area is 82.1 Å². The van der Waals surface area contributed by atoms with Crippen LogP contribution in [0.25, 0.3) is 0 Å². The van der Waals surface area contributed by atoms with Gasteiger partial charge in [0.15, 0.2) is 0 Å². The molecule has 1 fully saturated rings. The second kappa shape index (κ2) is 2.82. The molecule has 0 bridgehead atoms. The van der Waals surface area contributed by atoms with Crippen LogP contribution in [-0.4, -0.2) is 18.6 Å². The summed E-state index contributed by atoms with van der Waals surface area (Å²) in [6.07, 6.45) is 1.06. The van der Waals surface area contributed by atoms with E-state index in [1.807, 2.05) is 12.1 Å². The van der Waals surface area contributed by atoms with Crippen LogP contribution in [0.3, 0.4) is 0 Å². The van der Waals surface area contributed by atoms with Crippen molar-refractivity contribution in [2.75, 3.05) is 6.61 Å². The third-order valence-corrected chi connectivity index (χ3v) is 2.93. The van der Waals surface area contributed by atoms with Crippen LogP contribution in [-0.2, 0) is 16.0 Å². The van der Waals surface area contributed by atoms with Crippen molar-refractivity contribution >= 4 is 5.91 Å². The number of hydrogen-bond acceptors (Lipinski definition) is 2. The summed E-state index contributed by atoms with van der Waals surface area (Å²) >= 11 is 0. The maximum atomic E-state index is 11.2. The van der Waals surface area contributed by atoms with E-state index in [-0.39, 0.29) is 24.7 Å². The molecule has 1 aliphatic carbocycles. The summed E-state index contributed by atoms with van der Waals surface area (Å²) in [6.45, 7) is 0.204. The summed E-state index contributed by atoms with van der Waals surface area (Å²) in [5.41, 5.74) is 2.51. The minimum Gasteiger partial charge on any atom is -0.366 e. The van der Waals surface area contributed by atoms with Gasteiger partial charge in [-0.15, -0.1) is 0 Å². The number of hydrogen-bond donors (Lipinski definition) is 1. The first-order valence-corrected chi connectivity index (χ1v) is 4.83. The Kier molecular flexibility index (Phi) is 1.61. The van der Waals surface area contributed by atoms with E-state index in [4.69, 9.17) is 4.74 Å². The molecular weight excluding hydrogens is 178 g/mol. The smallest absolute Gasteiger partial charge is 0.246 e. The molecule has 1 saturated heterocycles. The molecule has 3 heteroatoms. The van der Waals surface area contributed by atoms with E-state index in [1.54, 1.807) is 0 Å². The molecule has 1 N–H and O–H groups in total. The molecule has 0 radical (unpaired) electrons. The second-order valence-corrected chi connectivity index (χ2v) is 3.80. The molecule has 3 rings (SSSR count). The van der Waals surface area contributed by atoms with Gasteiger partial charge in [0.1, 0.15) is 6.61 Å². The molecule has 0 spiro atoms. The number of benzene rings is 1. The van der Waals surface area contributed by atoms with Crippen molar-refractivity contribution in [2.24, 2.45) is 0 Å². The highest BCUT2D eigenvalue weighted by atomic mass is 16.5. The van der Waals surface area contributed by atoms with E-state index >= 15 is 0 Å². The molecule has 0 aromatic heterocycles.